The van der Waals surface area contributed by atoms with E-state index in [0.717, 1.165) is 22.5 Å². The van der Waals surface area contributed by atoms with Gasteiger partial charge in [0.1, 0.15) is 11.5 Å². The van der Waals surface area contributed by atoms with Crippen LogP contribution in [0.1, 0.15) is 0 Å². The Labute approximate surface area is 161 Å². The highest BCUT2D eigenvalue weighted by Crippen LogP contribution is 2.34. The first-order valence-corrected chi connectivity index (χ1v) is 8.44. The van der Waals surface area contributed by atoms with E-state index >= 15 is 0 Å². The average molecular weight is 378 g/mol. The minimum Gasteiger partial charge on any atom is -0.496 e. The molecule has 0 fully saturated rings. The van der Waals surface area contributed by atoms with Crippen LogP contribution in [-0.2, 0) is 0 Å². The lowest BCUT2D eigenvalue weighted by molar-refractivity contribution is 0.414. The second-order valence-corrected chi connectivity index (χ2v) is 5.81. The zero-order chi connectivity index (χ0) is 19.3. The van der Waals surface area contributed by atoms with E-state index in [0.29, 0.717) is 23.0 Å². The molecule has 0 saturated carbocycles. The van der Waals surface area contributed by atoms with E-state index in [1.165, 1.54) is 12.8 Å². The molecule has 0 radical (unpaired) electrons. The van der Waals surface area contributed by atoms with E-state index in [4.69, 9.17) is 18.3 Å². The lowest BCUT2D eigenvalue weighted by atomic mass is 10.1. The Morgan fingerprint density at radius 1 is 0.714 bits per heavy atom. The lowest BCUT2D eigenvalue weighted by Gasteiger charge is -2.14. The number of hydrogen-bond donors (Lipinski definition) is 2. The highest BCUT2D eigenvalue weighted by atomic mass is 16.5. The molecular weight excluding hydrogens is 360 g/mol. The summed E-state index contributed by atoms with van der Waals surface area (Å²) in [6.07, 6.45) is 6.06. The summed E-state index contributed by atoms with van der Waals surface area (Å²) in [5.74, 6) is 2.62. The summed E-state index contributed by atoms with van der Waals surface area (Å²) < 4.78 is 21.6. The van der Waals surface area contributed by atoms with Crippen molar-refractivity contribution in [3.63, 3.8) is 0 Å². The van der Waals surface area contributed by atoms with Crippen LogP contribution in [0.5, 0.6) is 11.5 Å². The number of ether oxygens (including phenoxy) is 2. The molecule has 0 aliphatic rings. The van der Waals surface area contributed by atoms with Crippen LogP contribution in [0, 0.1) is 0 Å². The molecule has 0 aliphatic carbocycles. The average Bonchev–Trinajstić information content (AvgIpc) is 3.46. The fraction of sp³-hybridized carbons (Fsp3) is 0.100. The first-order chi connectivity index (χ1) is 13.8. The number of oxazole rings is 2. The Morgan fingerprint density at radius 3 is 1.54 bits per heavy atom. The highest BCUT2D eigenvalue weighted by molar-refractivity contribution is 5.72. The number of methoxy groups -OCH3 is 2. The Kier molecular flexibility index (Phi) is 4.83. The van der Waals surface area contributed by atoms with Crippen LogP contribution in [-0.4, -0.2) is 24.2 Å². The Hall–Kier alpha value is -3.94. The third kappa shape index (κ3) is 3.48. The summed E-state index contributed by atoms with van der Waals surface area (Å²) in [4.78, 5) is 7.88. The molecule has 2 aromatic carbocycles. The van der Waals surface area contributed by atoms with Gasteiger partial charge in [-0.3, -0.25) is 0 Å². The smallest absolute Gasteiger partial charge is 0.181 e. The van der Waals surface area contributed by atoms with Crippen molar-refractivity contribution in [2.45, 2.75) is 0 Å². The maximum atomic E-state index is 5.46. The van der Waals surface area contributed by atoms with Gasteiger partial charge >= 0.3 is 0 Å². The third-order valence-electron chi connectivity index (χ3n) is 4.15. The second-order valence-electron chi connectivity index (χ2n) is 5.81. The molecule has 0 atom stereocenters. The summed E-state index contributed by atoms with van der Waals surface area (Å²) in [5.41, 5.74) is 9.57. The minimum atomic E-state index is 0.643. The largest absolute Gasteiger partial charge is 0.496 e. The Bertz CT molecular complexity index is 961. The monoisotopic (exact) mass is 378 g/mol. The molecule has 0 aliphatic heterocycles. The molecule has 2 N–H and O–H groups in total. The van der Waals surface area contributed by atoms with Crippen LogP contribution < -0.4 is 20.3 Å². The first kappa shape index (κ1) is 17.5. The molecule has 28 heavy (non-hydrogen) atoms. The van der Waals surface area contributed by atoms with Gasteiger partial charge in [0.05, 0.1) is 49.1 Å². The topological polar surface area (TPSA) is 94.6 Å². The van der Waals surface area contributed by atoms with Crippen molar-refractivity contribution in [2.24, 2.45) is 0 Å². The molecule has 4 rings (SSSR count). The third-order valence-corrected chi connectivity index (χ3v) is 4.15. The maximum absolute atomic E-state index is 5.46. The molecule has 0 amide bonds. The lowest BCUT2D eigenvalue weighted by Crippen LogP contribution is -2.09. The fourth-order valence-electron chi connectivity index (χ4n) is 2.79. The van der Waals surface area contributed by atoms with Crippen molar-refractivity contribution >= 4 is 11.4 Å². The SMILES string of the molecule is COc1cc(NNc2ccc(-c3cnco3)c(OC)c2)ccc1-c1cnco1. The van der Waals surface area contributed by atoms with Crippen molar-refractivity contribution in [2.75, 3.05) is 25.1 Å². The molecule has 8 heteroatoms. The van der Waals surface area contributed by atoms with Gasteiger partial charge in [-0.25, -0.2) is 9.97 Å². The van der Waals surface area contributed by atoms with Gasteiger partial charge < -0.3 is 29.2 Å². The van der Waals surface area contributed by atoms with Gasteiger partial charge in [0.25, 0.3) is 0 Å². The fourth-order valence-corrected chi connectivity index (χ4v) is 2.79. The quantitative estimate of drug-likeness (QED) is 0.456. The number of hydrazine groups is 1. The number of nitrogens with one attached hydrogen (secondary N) is 2. The zero-order valence-corrected chi connectivity index (χ0v) is 15.3. The van der Waals surface area contributed by atoms with Gasteiger partial charge in [-0.2, -0.15) is 0 Å². The normalized spacial score (nSPS) is 10.5. The Morgan fingerprint density at radius 2 is 1.18 bits per heavy atom. The van der Waals surface area contributed by atoms with Crippen LogP contribution in [0.2, 0.25) is 0 Å². The number of benzene rings is 2. The molecule has 0 unspecified atom stereocenters. The van der Waals surface area contributed by atoms with E-state index in [1.807, 2.05) is 36.4 Å². The van der Waals surface area contributed by atoms with Crippen molar-refractivity contribution in [3.8, 4) is 34.1 Å². The van der Waals surface area contributed by atoms with Crippen LogP contribution in [0.25, 0.3) is 22.6 Å². The molecule has 4 aromatic rings. The predicted molar refractivity (Wildman–Crippen MR) is 104 cm³/mol. The van der Waals surface area contributed by atoms with Crippen molar-refractivity contribution in [1.29, 1.82) is 0 Å². The number of hydrogen-bond acceptors (Lipinski definition) is 8. The second kappa shape index (κ2) is 7.75. The van der Waals surface area contributed by atoms with E-state index in [9.17, 15) is 0 Å². The summed E-state index contributed by atoms with van der Waals surface area (Å²) in [7, 11) is 3.22. The standard InChI is InChI=1S/C20H18N4O4/c1-25-17-7-13(3-5-15(17)19-9-21-11-27-19)23-24-14-4-6-16(18(8-14)26-2)20-10-22-12-28-20/h3-12,23-24H,1-2H3. The summed E-state index contributed by atoms with van der Waals surface area (Å²) in [5, 5.41) is 0. The predicted octanol–water partition coefficient (Wildman–Crippen LogP) is 4.45. The highest BCUT2D eigenvalue weighted by Gasteiger charge is 2.11. The van der Waals surface area contributed by atoms with Gasteiger partial charge in [0.2, 0.25) is 0 Å². The van der Waals surface area contributed by atoms with Crippen LogP contribution >= 0.6 is 0 Å². The van der Waals surface area contributed by atoms with Crippen molar-refractivity contribution < 1.29 is 18.3 Å². The molecular formula is C20H18N4O4. The molecule has 0 spiro atoms. The molecule has 0 saturated heterocycles. The zero-order valence-electron chi connectivity index (χ0n) is 15.3. The summed E-state index contributed by atoms with van der Waals surface area (Å²) in [6, 6.07) is 11.4. The van der Waals surface area contributed by atoms with Crippen LogP contribution in [0.3, 0.4) is 0 Å². The van der Waals surface area contributed by atoms with Crippen molar-refractivity contribution in [3.05, 3.63) is 61.6 Å². The van der Waals surface area contributed by atoms with Gasteiger partial charge in [-0.15, -0.1) is 0 Å². The van der Waals surface area contributed by atoms with Gasteiger partial charge in [-0.05, 0) is 24.3 Å². The van der Waals surface area contributed by atoms with Crippen LogP contribution in [0.4, 0.5) is 11.4 Å². The molecule has 0 bridgehead atoms. The minimum absolute atomic E-state index is 0.643. The number of nitrogens with zero attached hydrogens (tertiary/aromatic N) is 2. The number of rotatable bonds is 7. The molecule has 2 heterocycles. The van der Waals surface area contributed by atoms with E-state index in [2.05, 4.69) is 20.8 Å². The van der Waals surface area contributed by atoms with Crippen LogP contribution in [0.15, 0.2) is 70.4 Å². The van der Waals surface area contributed by atoms with E-state index in [-0.39, 0.29) is 0 Å². The number of aromatic nitrogens is 2. The van der Waals surface area contributed by atoms with Gasteiger partial charge in [-0.1, -0.05) is 0 Å². The molecule has 2 aromatic heterocycles. The first-order valence-electron chi connectivity index (χ1n) is 8.44. The Balaban J connectivity index is 1.51. The number of anilines is 2. The van der Waals surface area contributed by atoms with Gasteiger partial charge in [0.15, 0.2) is 24.3 Å². The maximum Gasteiger partial charge on any atom is 0.181 e. The van der Waals surface area contributed by atoms with Gasteiger partial charge in [0, 0.05) is 12.1 Å². The molecule has 142 valence electrons. The molecule has 8 nitrogen and oxygen atoms in total. The van der Waals surface area contributed by atoms with E-state index < -0.39 is 0 Å². The summed E-state index contributed by atoms with van der Waals surface area (Å²) in [6.45, 7) is 0. The van der Waals surface area contributed by atoms with Crippen molar-refractivity contribution in [1.82, 2.24) is 9.97 Å². The van der Waals surface area contributed by atoms with E-state index in [1.54, 1.807) is 26.6 Å². The summed E-state index contributed by atoms with van der Waals surface area (Å²) >= 11 is 0.